The maximum atomic E-state index is 12.5. The van der Waals surface area contributed by atoms with Gasteiger partial charge in [-0.1, -0.05) is 0 Å². The van der Waals surface area contributed by atoms with E-state index in [-0.39, 0.29) is 6.07 Å². The molecule has 0 bridgehead atoms. The fraction of sp³-hybridized carbons (Fsp3) is 0.286. The maximum absolute atomic E-state index is 12.5. The van der Waals surface area contributed by atoms with Crippen LogP contribution in [0.5, 0.6) is 5.88 Å². The Bertz CT molecular complexity index is 713. The van der Waals surface area contributed by atoms with Crippen molar-refractivity contribution in [2.75, 3.05) is 0 Å². The van der Waals surface area contributed by atoms with E-state index < -0.39 is 49.6 Å². The van der Waals surface area contributed by atoms with Crippen molar-refractivity contribution < 1.29 is 44.4 Å². The molecule has 124 valence electrons. The smallest absolute Gasteiger partial charge is 0.381 e. The van der Waals surface area contributed by atoms with E-state index in [4.69, 9.17) is 0 Å². The summed E-state index contributed by atoms with van der Waals surface area (Å²) >= 11 is 0. The number of nitro groups is 1. The van der Waals surface area contributed by atoms with Crippen LogP contribution in [-0.2, 0) is 16.2 Å². The lowest BCUT2D eigenvalue weighted by Crippen LogP contribution is -2.23. The molecule has 0 aliphatic heterocycles. The molecule has 0 radical (unpaired) electrons. The lowest BCUT2D eigenvalue weighted by atomic mass is 10.3. The molecule has 22 heavy (non-hydrogen) atoms. The molecule has 0 atom stereocenters. The normalized spacial score (nSPS) is 13.0. The van der Waals surface area contributed by atoms with Crippen molar-refractivity contribution in [3.63, 3.8) is 0 Å². The Hall–Kier alpha value is -2.16. The summed E-state index contributed by atoms with van der Waals surface area (Å²) in [6.45, 7) is 0. The molecule has 15 heteroatoms. The molecule has 0 saturated heterocycles. The summed E-state index contributed by atoms with van der Waals surface area (Å²) in [5.74, 6) is -2.20. The number of ether oxygens (including phenoxy) is 1. The lowest BCUT2D eigenvalue weighted by Gasteiger charge is -2.13. The predicted molar refractivity (Wildman–Crippen MR) is 53.9 cm³/mol. The van der Waals surface area contributed by atoms with E-state index in [0.717, 1.165) is 0 Å². The summed E-state index contributed by atoms with van der Waals surface area (Å²) in [5.41, 5.74) is -4.13. The summed E-state index contributed by atoms with van der Waals surface area (Å²) < 4.78 is 99.0. The summed E-state index contributed by atoms with van der Waals surface area (Å²) in [6.07, 6.45) is -11.1. The highest BCUT2D eigenvalue weighted by atomic mass is 32.2. The topological polar surface area (TPSA) is 125 Å². The Morgan fingerprint density at radius 1 is 1.23 bits per heavy atom. The van der Waals surface area contributed by atoms with Crippen molar-refractivity contribution in [3.05, 3.63) is 21.9 Å². The number of pyridine rings is 1. The second-order valence-electron chi connectivity index (χ2n) is 3.51. The minimum atomic E-state index is -5.66. The van der Waals surface area contributed by atoms with Gasteiger partial charge >= 0.3 is 24.1 Å². The Labute approximate surface area is 116 Å². The number of primary sulfonamides is 1. The molecule has 0 spiro atoms. The number of hydrogen-bond acceptors (Lipinski definition) is 6. The van der Waals surface area contributed by atoms with Crippen LogP contribution in [0.25, 0.3) is 0 Å². The lowest BCUT2D eigenvalue weighted by molar-refractivity contribution is -0.392. The molecule has 1 heterocycles. The third-order valence-electron chi connectivity index (χ3n) is 1.92. The summed E-state index contributed by atoms with van der Waals surface area (Å²) in [6, 6.07) is -0.364. The average molecular weight is 355 g/mol. The van der Waals surface area contributed by atoms with E-state index >= 15 is 0 Å². The van der Waals surface area contributed by atoms with Crippen molar-refractivity contribution in [2.45, 2.75) is 17.4 Å². The first-order valence-corrected chi connectivity index (χ1v) is 6.22. The monoisotopic (exact) mass is 355 g/mol. The molecule has 0 aliphatic carbocycles. The third-order valence-corrected chi connectivity index (χ3v) is 2.84. The molecule has 0 aliphatic rings. The first kappa shape index (κ1) is 17.9. The highest BCUT2D eigenvalue weighted by Crippen LogP contribution is 2.39. The number of rotatable bonds is 3. The van der Waals surface area contributed by atoms with Crippen LogP contribution < -0.4 is 9.88 Å². The molecule has 1 aromatic heterocycles. The van der Waals surface area contributed by atoms with Gasteiger partial charge < -0.3 is 4.74 Å². The van der Waals surface area contributed by atoms with Gasteiger partial charge in [0.25, 0.3) is 0 Å². The molecular weight excluding hydrogens is 352 g/mol. The van der Waals surface area contributed by atoms with E-state index in [1.165, 1.54) is 0 Å². The fourth-order valence-corrected chi connectivity index (χ4v) is 1.91. The first-order chi connectivity index (χ1) is 9.63. The average Bonchev–Trinajstić information content (AvgIpc) is 2.22. The zero-order valence-corrected chi connectivity index (χ0v) is 10.6. The number of aromatic nitrogens is 1. The maximum Gasteiger partial charge on any atom is 0.574 e. The molecule has 0 saturated carbocycles. The van der Waals surface area contributed by atoms with E-state index in [9.17, 15) is 44.9 Å². The van der Waals surface area contributed by atoms with Gasteiger partial charge in [0.1, 0.15) is 5.69 Å². The van der Waals surface area contributed by atoms with Crippen molar-refractivity contribution in [1.82, 2.24) is 4.98 Å². The molecule has 0 aromatic carbocycles. The molecule has 0 unspecified atom stereocenters. The van der Waals surface area contributed by atoms with E-state index in [1.54, 1.807) is 0 Å². The van der Waals surface area contributed by atoms with Crippen LogP contribution in [0.3, 0.4) is 0 Å². The number of alkyl halides is 6. The third kappa shape index (κ3) is 4.17. The summed E-state index contributed by atoms with van der Waals surface area (Å²) in [4.78, 5) is 9.41. The van der Waals surface area contributed by atoms with E-state index in [2.05, 4.69) is 14.9 Å². The number of nitrogens with zero attached hydrogens (tertiary/aromatic N) is 2. The molecule has 2 N–H and O–H groups in total. The minimum absolute atomic E-state index is 0.364. The van der Waals surface area contributed by atoms with Gasteiger partial charge in [0, 0.05) is 0 Å². The van der Waals surface area contributed by atoms with E-state index in [0.29, 0.717) is 0 Å². The van der Waals surface area contributed by atoms with E-state index in [1.807, 2.05) is 0 Å². The predicted octanol–water partition coefficient (Wildman–Crippen LogP) is 1.55. The van der Waals surface area contributed by atoms with Gasteiger partial charge in [-0.2, -0.15) is 13.2 Å². The Morgan fingerprint density at radius 2 is 1.73 bits per heavy atom. The van der Waals surface area contributed by atoms with Crippen molar-refractivity contribution >= 4 is 15.7 Å². The second kappa shape index (κ2) is 5.24. The van der Waals surface area contributed by atoms with Crippen molar-refractivity contribution in [2.24, 2.45) is 5.14 Å². The second-order valence-corrected chi connectivity index (χ2v) is 5.04. The number of hydrogen-bond donors (Lipinski definition) is 1. The van der Waals surface area contributed by atoms with Crippen molar-refractivity contribution in [1.29, 1.82) is 0 Å². The number of sulfonamides is 1. The van der Waals surface area contributed by atoms with Crippen LogP contribution in [0.1, 0.15) is 5.69 Å². The quantitative estimate of drug-likeness (QED) is 0.498. The molecule has 1 aromatic rings. The summed E-state index contributed by atoms with van der Waals surface area (Å²) in [5, 5.41) is 15.1. The van der Waals surface area contributed by atoms with Crippen LogP contribution >= 0.6 is 0 Å². The standard InChI is InChI=1S/C7H3F6N3O5S/c8-6(9,10)3-1-2(22(14,19)20)4(16(17)18)5(15-3)21-7(11,12)13/h1H,(H2,14,19,20). The molecule has 0 fully saturated rings. The Kier molecular flexibility index (Phi) is 4.26. The molecular formula is C7H3F6N3O5S. The summed E-state index contributed by atoms with van der Waals surface area (Å²) in [7, 11) is -5.17. The molecule has 0 amide bonds. The highest BCUT2D eigenvalue weighted by Gasteiger charge is 2.43. The van der Waals surface area contributed by atoms with Gasteiger partial charge in [0.05, 0.1) is 4.92 Å². The Morgan fingerprint density at radius 3 is 2.05 bits per heavy atom. The van der Waals surface area contributed by atoms with Gasteiger partial charge in [0.15, 0.2) is 4.90 Å². The van der Waals surface area contributed by atoms with Crippen LogP contribution in [0.4, 0.5) is 32.0 Å². The van der Waals surface area contributed by atoms with Crippen LogP contribution in [0, 0.1) is 10.1 Å². The van der Waals surface area contributed by atoms with Gasteiger partial charge in [-0.15, -0.1) is 13.2 Å². The molecule has 1 rings (SSSR count). The van der Waals surface area contributed by atoms with Crippen LogP contribution in [-0.4, -0.2) is 24.7 Å². The van der Waals surface area contributed by atoms with Crippen molar-refractivity contribution in [3.8, 4) is 5.88 Å². The fourth-order valence-electron chi connectivity index (χ4n) is 1.20. The largest absolute Gasteiger partial charge is 0.574 e. The van der Waals surface area contributed by atoms with Crippen LogP contribution in [0.2, 0.25) is 0 Å². The van der Waals surface area contributed by atoms with Gasteiger partial charge in [0.2, 0.25) is 10.0 Å². The minimum Gasteiger partial charge on any atom is -0.381 e. The zero-order valence-electron chi connectivity index (χ0n) is 9.77. The number of halogens is 6. The Balaban J connectivity index is 3.83. The first-order valence-electron chi connectivity index (χ1n) is 4.68. The van der Waals surface area contributed by atoms with Gasteiger partial charge in [-0.25, -0.2) is 18.5 Å². The number of nitrogens with two attached hydrogens (primary N) is 1. The highest BCUT2D eigenvalue weighted by molar-refractivity contribution is 7.89. The van der Waals surface area contributed by atoms with Crippen LogP contribution in [0.15, 0.2) is 11.0 Å². The molecule has 8 nitrogen and oxygen atoms in total. The zero-order chi connectivity index (χ0) is 17.5. The van der Waals surface area contributed by atoms with Gasteiger partial charge in [-0.05, 0) is 6.07 Å². The van der Waals surface area contributed by atoms with Gasteiger partial charge in [-0.3, -0.25) is 10.1 Å². The SMILES string of the molecule is NS(=O)(=O)c1cc(C(F)(F)F)nc(OC(F)(F)F)c1[N+](=O)[O-].